The molecule has 4 aromatic rings. The molecule has 0 aliphatic rings. The van der Waals surface area contributed by atoms with Crippen molar-refractivity contribution in [3.63, 3.8) is 0 Å². The molecule has 1 unspecified atom stereocenters. The Morgan fingerprint density at radius 1 is 0.967 bits per heavy atom. The predicted octanol–water partition coefficient (Wildman–Crippen LogP) is 3.34. The summed E-state index contributed by atoms with van der Waals surface area (Å²) >= 11 is 0. The quantitative estimate of drug-likeness (QED) is 0.469. The first-order valence-electron chi connectivity index (χ1n) is 9.83. The molecule has 0 amide bonds. The van der Waals surface area contributed by atoms with E-state index in [-0.39, 0.29) is 6.04 Å². The molecule has 7 heteroatoms. The predicted molar refractivity (Wildman–Crippen MR) is 119 cm³/mol. The fourth-order valence-electron chi connectivity index (χ4n) is 3.36. The van der Waals surface area contributed by atoms with E-state index in [0.29, 0.717) is 18.1 Å². The SMILES string of the molecule is CNC(CNc1nc(-c2ccncc2)nc2cncc(OC)c12)Cc1ccccc1. The summed E-state index contributed by atoms with van der Waals surface area (Å²) in [4.78, 5) is 17.8. The zero-order valence-corrected chi connectivity index (χ0v) is 17.0. The summed E-state index contributed by atoms with van der Waals surface area (Å²) in [6.07, 6.45) is 7.79. The fraction of sp³-hybridized carbons (Fsp3) is 0.217. The van der Waals surface area contributed by atoms with Gasteiger partial charge < -0.3 is 15.4 Å². The number of rotatable bonds is 8. The molecule has 0 aliphatic heterocycles. The Balaban J connectivity index is 1.67. The number of nitrogens with one attached hydrogen (secondary N) is 2. The van der Waals surface area contributed by atoms with Gasteiger partial charge in [0.25, 0.3) is 0 Å². The van der Waals surface area contributed by atoms with Crippen LogP contribution >= 0.6 is 0 Å². The van der Waals surface area contributed by atoms with Gasteiger partial charge in [0.05, 0.1) is 30.4 Å². The van der Waals surface area contributed by atoms with E-state index in [9.17, 15) is 0 Å². The van der Waals surface area contributed by atoms with Crippen LogP contribution in [0, 0.1) is 0 Å². The van der Waals surface area contributed by atoms with Gasteiger partial charge in [-0.2, -0.15) is 0 Å². The lowest BCUT2D eigenvalue weighted by Gasteiger charge is -2.19. The van der Waals surface area contributed by atoms with E-state index in [1.54, 1.807) is 31.9 Å². The van der Waals surface area contributed by atoms with Crippen LogP contribution in [-0.2, 0) is 6.42 Å². The second-order valence-electron chi connectivity index (χ2n) is 6.92. The molecule has 30 heavy (non-hydrogen) atoms. The van der Waals surface area contributed by atoms with Gasteiger partial charge in [0, 0.05) is 30.5 Å². The highest BCUT2D eigenvalue weighted by atomic mass is 16.5. The molecule has 0 aliphatic carbocycles. The Kier molecular flexibility index (Phi) is 6.10. The van der Waals surface area contributed by atoms with Crippen LogP contribution in [0.4, 0.5) is 5.82 Å². The first-order chi connectivity index (χ1) is 14.8. The lowest BCUT2D eigenvalue weighted by atomic mass is 10.1. The number of fused-ring (bicyclic) bond motifs is 1. The molecule has 3 heterocycles. The highest BCUT2D eigenvalue weighted by molar-refractivity contribution is 5.95. The first kappa shape index (κ1) is 19.7. The van der Waals surface area contributed by atoms with Gasteiger partial charge in [-0.3, -0.25) is 9.97 Å². The number of anilines is 1. The van der Waals surface area contributed by atoms with E-state index >= 15 is 0 Å². The third-order valence-electron chi connectivity index (χ3n) is 4.98. The van der Waals surface area contributed by atoms with Gasteiger partial charge in [-0.05, 0) is 31.2 Å². The number of nitrogens with zero attached hydrogens (tertiary/aromatic N) is 4. The molecule has 0 saturated heterocycles. The zero-order valence-electron chi connectivity index (χ0n) is 17.0. The van der Waals surface area contributed by atoms with Crippen LogP contribution in [0.1, 0.15) is 5.56 Å². The summed E-state index contributed by atoms with van der Waals surface area (Å²) in [6, 6.07) is 14.5. The van der Waals surface area contributed by atoms with Gasteiger partial charge in [0.2, 0.25) is 0 Å². The lowest BCUT2D eigenvalue weighted by Crippen LogP contribution is -2.35. The largest absolute Gasteiger partial charge is 0.494 e. The highest BCUT2D eigenvalue weighted by Gasteiger charge is 2.15. The maximum atomic E-state index is 5.53. The number of pyridine rings is 2. The third-order valence-corrected chi connectivity index (χ3v) is 4.98. The van der Waals surface area contributed by atoms with Crippen molar-refractivity contribution in [3.05, 3.63) is 72.8 Å². The summed E-state index contributed by atoms with van der Waals surface area (Å²) in [6.45, 7) is 0.693. The molecular weight excluding hydrogens is 376 g/mol. The zero-order chi connectivity index (χ0) is 20.8. The van der Waals surface area contributed by atoms with Crippen LogP contribution in [-0.4, -0.2) is 46.7 Å². The molecule has 4 rings (SSSR count). The van der Waals surface area contributed by atoms with Crippen LogP contribution in [0.2, 0.25) is 0 Å². The van der Waals surface area contributed by atoms with Crippen LogP contribution in [0.3, 0.4) is 0 Å². The summed E-state index contributed by atoms with van der Waals surface area (Å²) in [5, 5.41) is 7.71. The number of aromatic nitrogens is 4. The van der Waals surface area contributed by atoms with Crippen molar-refractivity contribution in [3.8, 4) is 17.1 Å². The molecule has 152 valence electrons. The number of benzene rings is 1. The molecule has 1 aromatic carbocycles. The molecule has 0 radical (unpaired) electrons. The van der Waals surface area contributed by atoms with Crippen molar-refractivity contribution < 1.29 is 4.74 Å². The average Bonchev–Trinajstić information content (AvgIpc) is 2.82. The Bertz CT molecular complexity index is 1100. The Morgan fingerprint density at radius 3 is 2.50 bits per heavy atom. The Labute approximate surface area is 175 Å². The standard InChI is InChI=1S/C23H24N6O/c1-24-18(12-16-6-4-3-5-7-16)13-27-23-21-19(14-26-15-20(21)30-2)28-22(29-23)17-8-10-25-11-9-17/h3-11,14-15,18,24H,12-13H2,1-2H3,(H,27,28,29). The highest BCUT2D eigenvalue weighted by Crippen LogP contribution is 2.31. The van der Waals surface area contributed by atoms with Gasteiger partial charge in [-0.25, -0.2) is 9.97 Å². The maximum absolute atomic E-state index is 5.53. The van der Waals surface area contributed by atoms with Crippen LogP contribution in [0.5, 0.6) is 5.75 Å². The van der Waals surface area contributed by atoms with Crippen molar-refractivity contribution in [2.45, 2.75) is 12.5 Å². The molecule has 1 atom stereocenters. The molecule has 3 aromatic heterocycles. The topological polar surface area (TPSA) is 84.9 Å². The number of methoxy groups -OCH3 is 1. The maximum Gasteiger partial charge on any atom is 0.162 e. The minimum absolute atomic E-state index is 0.231. The number of ether oxygens (including phenoxy) is 1. The first-order valence-corrected chi connectivity index (χ1v) is 9.83. The smallest absolute Gasteiger partial charge is 0.162 e. The fourth-order valence-corrected chi connectivity index (χ4v) is 3.36. The summed E-state index contributed by atoms with van der Waals surface area (Å²) in [5.74, 6) is 1.98. The van der Waals surface area contributed by atoms with Crippen molar-refractivity contribution in [2.75, 3.05) is 26.0 Å². The van der Waals surface area contributed by atoms with Crippen molar-refractivity contribution >= 4 is 16.7 Å². The van der Waals surface area contributed by atoms with Crippen LogP contribution in [0.25, 0.3) is 22.3 Å². The third kappa shape index (κ3) is 4.36. The normalized spacial score (nSPS) is 11.9. The average molecular weight is 400 g/mol. The van der Waals surface area contributed by atoms with E-state index in [4.69, 9.17) is 14.7 Å². The van der Waals surface area contributed by atoms with Gasteiger partial charge in [0.1, 0.15) is 11.6 Å². The van der Waals surface area contributed by atoms with Crippen molar-refractivity contribution in [2.24, 2.45) is 0 Å². The van der Waals surface area contributed by atoms with Crippen LogP contribution in [0.15, 0.2) is 67.3 Å². The van der Waals surface area contributed by atoms with E-state index < -0.39 is 0 Å². The Hall–Kier alpha value is -3.58. The van der Waals surface area contributed by atoms with Gasteiger partial charge in [-0.15, -0.1) is 0 Å². The van der Waals surface area contributed by atoms with Crippen molar-refractivity contribution in [1.29, 1.82) is 0 Å². The Morgan fingerprint density at radius 2 is 1.77 bits per heavy atom. The summed E-state index contributed by atoms with van der Waals surface area (Å²) in [7, 11) is 3.60. The van der Waals surface area contributed by atoms with E-state index in [2.05, 4.69) is 44.9 Å². The van der Waals surface area contributed by atoms with E-state index in [1.165, 1.54) is 5.56 Å². The molecule has 0 spiro atoms. The molecule has 0 saturated carbocycles. The second kappa shape index (κ2) is 9.28. The molecule has 2 N–H and O–H groups in total. The number of hydrogen-bond acceptors (Lipinski definition) is 7. The number of hydrogen-bond donors (Lipinski definition) is 2. The summed E-state index contributed by atoms with van der Waals surface area (Å²) in [5.41, 5.74) is 2.90. The van der Waals surface area contributed by atoms with Gasteiger partial charge in [0.15, 0.2) is 5.82 Å². The van der Waals surface area contributed by atoms with Crippen molar-refractivity contribution in [1.82, 2.24) is 25.3 Å². The second-order valence-corrected chi connectivity index (χ2v) is 6.92. The van der Waals surface area contributed by atoms with E-state index in [0.717, 1.165) is 28.7 Å². The lowest BCUT2D eigenvalue weighted by molar-refractivity contribution is 0.418. The van der Waals surface area contributed by atoms with E-state index in [1.807, 2.05) is 25.2 Å². The molecule has 0 fully saturated rings. The summed E-state index contributed by atoms with van der Waals surface area (Å²) < 4.78 is 5.53. The molecule has 0 bridgehead atoms. The van der Waals surface area contributed by atoms with Gasteiger partial charge >= 0.3 is 0 Å². The molecule has 7 nitrogen and oxygen atoms in total. The molecular formula is C23H24N6O. The minimum atomic E-state index is 0.231. The van der Waals surface area contributed by atoms with Crippen LogP contribution < -0.4 is 15.4 Å². The number of likely N-dealkylation sites (N-methyl/N-ethyl adjacent to an activating group) is 1. The van der Waals surface area contributed by atoms with Gasteiger partial charge in [-0.1, -0.05) is 30.3 Å². The minimum Gasteiger partial charge on any atom is -0.494 e. The monoisotopic (exact) mass is 400 g/mol.